The van der Waals surface area contributed by atoms with E-state index in [1.165, 1.54) is 11.3 Å². The van der Waals surface area contributed by atoms with Crippen LogP contribution >= 0.6 is 11.3 Å². The fourth-order valence-electron chi connectivity index (χ4n) is 2.85. The number of nitrogens with one attached hydrogen (secondary N) is 2. The first-order valence-electron chi connectivity index (χ1n) is 8.96. The van der Waals surface area contributed by atoms with Crippen molar-refractivity contribution in [3.05, 3.63) is 65.0 Å². The van der Waals surface area contributed by atoms with Crippen LogP contribution in [0.4, 0.5) is 5.69 Å². The highest BCUT2D eigenvalue weighted by atomic mass is 32.1. The van der Waals surface area contributed by atoms with Crippen LogP contribution < -0.4 is 10.6 Å². The lowest BCUT2D eigenvalue weighted by Gasteiger charge is -2.11. The maximum atomic E-state index is 12.3. The van der Waals surface area contributed by atoms with Crippen molar-refractivity contribution < 1.29 is 14.7 Å². The molecule has 1 heterocycles. The normalized spacial score (nSPS) is 14.7. The maximum absolute atomic E-state index is 12.3. The van der Waals surface area contributed by atoms with E-state index in [4.69, 9.17) is 0 Å². The number of anilines is 1. The van der Waals surface area contributed by atoms with Gasteiger partial charge in [-0.2, -0.15) is 0 Å². The van der Waals surface area contributed by atoms with Gasteiger partial charge in [-0.05, 0) is 54.6 Å². The van der Waals surface area contributed by atoms with E-state index in [1.54, 1.807) is 24.3 Å². The van der Waals surface area contributed by atoms with Gasteiger partial charge in [-0.25, -0.2) is 0 Å². The number of benzene rings is 2. The Kier molecular flexibility index (Phi) is 4.92. The summed E-state index contributed by atoms with van der Waals surface area (Å²) in [5.74, 6) is -0.0720. The van der Waals surface area contributed by atoms with Gasteiger partial charge >= 0.3 is 0 Å². The highest BCUT2D eigenvalue weighted by molar-refractivity contribution is 7.19. The van der Waals surface area contributed by atoms with Crippen molar-refractivity contribution in [2.45, 2.75) is 18.9 Å². The molecule has 3 aromatic rings. The molecular weight excluding hydrogens is 360 g/mol. The number of amides is 2. The monoisotopic (exact) mass is 380 g/mol. The second-order valence-corrected chi connectivity index (χ2v) is 7.87. The number of carbonyl (C=O) groups excluding carboxylic acids is 2. The van der Waals surface area contributed by atoms with Crippen molar-refractivity contribution in [3.63, 3.8) is 0 Å². The Bertz CT molecular complexity index is 944. The van der Waals surface area contributed by atoms with Gasteiger partial charge in [0.15, 0.2) is 0 Å². The number of aliphatic hydroxyl groups excluding tert-OH is 1. The Balaban J connectivity index is 1.33. The molecule has 0 aliphatic heterocycles. The minimum absolute atomic E-state index is 0.0404. The molecule has 1 saturated carbocycles. The molecule has 1 aromatic heterocycles. The zero-order valence-corrected chi connectivity index (χ0v) is 15.5. The van der Waals surface area contributed by atoms with Gasteiger partial charge in [0.05, 0.1) is 0 Å². The molecule has 0 bridgehead atoms. The van der Waals surface area contributed by atoms with Gasteiger partial charge in [0.1, 0.15) is 6.10 Å². The van der Waals surface area contributed by atoms with Gasteiger partial charge in [-0.15, -0.1) is 11.3 Å². The maximum Gasteiger partial charge on any atom is 0.251 e. The first kappa shape index (κ1) is 17.7. The molecule has 138 valence electrons. The predicted molar refractivity (Wildman–Crippen MR) is 107 cm³/mol. The molecule has 1 fully saturated rings. The van der Waals surface area contributed by atoms with E-state index < -0.39 is 6.10 Å². The quantitative estimate of drug-likeness (QED) is 0.610. The number of rotatable bonds is 6. The van der Waals surface area contributed by atoms with Crippen LogP contribution in [0, 0.1) is 5.92 Å². The third-order valence-electron chi connectivity index (χ3n) is 4.59. The zero-order chi connectivity index (χ0) is 18.8. The van der Waals surface area contributed by atoms with Crippen LogP contribution in [0.1, 0.15) is 34.2 Å². The molecule has 0 unspecified atom stereocenters. The van der Waals surface area contributed by atoms with E-state index in [0.29, 0.717) is 11.3 Å². The summed E-state index contributed by atoms with van der Waals surface area (Å²) < 4.78 is 1.11. The highest BCUT2D eigenvalue weighted by Gasteiger charge is 2.29. The van der Waals surface area contributed by atoms with Crippen molar-refractivity contribution >= 4 is 38.9 Å². The van der Waals surface area contributed by atoms with Crippen molar-refractivity contribution in [2.24, 2.45) is 5.92 Å². The average Bonchev–Trinajstić information content (AvgIpc) is 3.45. The number of carbonyl (C=O) groups is 2. The molecule has 0 saturated heterocycles. The Morgan fingerprint density at radius 1 is 1.11 bits per heavy atom. The lowest BCUT2D eigenvalue weighted by atomic mass is 10.2. The van der Waals surface area contributed by atoms with Gasteiger partial charge in [0.25, 0.3) is 5.91 Å². The predicted octanol–water partition coefficient (Wildman–Crippen LogP) is 3.71. The Hall–Kier alpha value is -2.70. The number of thiophene rings is 1. The van der Waals surface area contributed by atoms with E-state index in [0.717, 1.165) is 27.8 Å². The smallest absolute Gasteiger partial charge is 0.251 e. The van der Waals surface area contributed by atoms with Gasteiger partial charge in [0, 0.05) is 33.3 Å². The van der Waals surface area contributed by atoms with Crippen molar-refractivity contribution in [1.29, 1.82) is 0 Å². The second kappa shape index (κ2) is 7.50. The standard InChI is InChI=1S/C21H20N2O3S/c24-17(19-11-15-3-1-2-4-18(15)27-19)12-22-20(25)13-7-9-16(10-8-13)23-21(26)14-5-6-14/h1-4,7-11,14,17,24H,5-6,12H2,(H,22,25)(H,23,26)/t17-/m0/s1. The molecule has 5 nitrogen and oxygen atoms in total. The molecule has 4 rings (SSSR count). The van der Waals surface area contributed by atoms with Crippen LogP contribution in [0.5, 0.6) is 0 Å². The van der Waals surface area contributed by atoms with Crippen LogP contribution in [-0.2, 0) is 4.79 Å². The molecule has 27 heavy (non-hydrogen) atoms. The number of hydrogen-bond donors (Lipinski definition) is 3. The van der Waals surface area contributed by atoms with Crippen LogP contribution in [0.2, 0.25) is 0 Å². The third-order valence-corrected chi connectivity index (χ3v) is 5.81. The molecule has 2 amide bonds. The van der Waals surface area contributed by atoms with Crippen LogP contribution in [0.25, 0.3) is 10.1 Å². The Morgan fingerprint density at radius 3 is 2.56 bits per heavy atom. The summed E-state index contributed by atoms with van der Waals surface area (Å²) in [6.45, 7) is 0.145. The number of aliphatic hydroxyl groups is 1. The van der Waals surface area contributed by atoms with E-state index in [9.17, 15) is 14.7 Å². The SMILES string of the molecule is O=C(NC[C@H](O)c1cc2ccccc2s1)c1ccc(NC(=O)C2CC2)cc1. The number of fused-ring (bicyclic) bond motifs is 1. The third kappa shape index (κ3) is 4.18. The molecule has 2 aromatic carbocycles. The first-order valence-corrected chi connectivity index (χ1v) is 9.77. The first-order chi connectivity index (χ1) is 13.1. The van der Waals surface area contributed by atoms with E-state index in [1.807, 2.05) is 30.3 Å². The molecule has 1 atom stereocenters. The van der Waals surface area contributed by atoms with Crippen molar-refractivity contribution in [2.75, 3.05) is 11.9 Å². The summed E-state index contributed by atoms with van der Waals surface area (Å²) in [7, 11) is 0. The fraction of sp³-hybridized carbons (Fsp3) is 0.238. The average molecular weight is 380 g/mol. The molecule has 0 radical (unpaired) electrons. The summed E-state index contributed by atoms with van der Waals surface area (Å²) >= 11 is 1.53. The summed E-state index contributed by atoms with van der Waals surface area (Å²) in [5, 5.41) is 17.1. The lowest BCUT2D eigenvalue weighted by Crippen LogP contribution is -2.28. The highest BCUT2D eigenvalue weighted by Crippen LogP contribution is 2.30. The van der Waals surface area contributed by atoms with E-state index >= 15 is 0 Å². The lowest BCUT2D eigenvalue weighted by molar-refractivity contribution is -0.117. The van der Waals surface area contributed by atoms with Crippen LogP contribution in [-0.4, -0.2) is 23.5 Å². The zero-order valence-electron chi connectivity index (χ0n) is 14.6. The molecule has 0 spiro atoms. The fourth-order valence-corrected chi connectivity index (χ4v) is 3.90. The number of hydrogen-bond acceptors (Lipinski definition) is 4. The second-order valence-electron chi connectivity index (χ2n) is 6.75. The Morgan fingerprint density at radius 2 is 1.85 bits per heavy atom. The van der Waals surface area contributed by atoms with Crippen molar-refractivity contribution in [3.8, 4) is 0 Å². The summed E-state index contributed by atoms with van der Waals surface area (Å²) in [6.07, 6.45) is 1.16. The summed E-state index contributed by atoms with van der Waals surface area (Å²) in [4.78, 5) is 24.9. The van der Waals surface area contributed by atoms with Crippen LogP contribution in [0.3, 0.4) is 0 Å². The largest absolute Gasteiger partial charge is 0.386 e. The topological polar surface area (TPSA) is 78.4 Å². The van der Waals surface area contributed by atoms with Gasteiger partial charge in [0.2, 0.25) is 5.91 Å². The minimum Gasteiger partial charge on any atom is -0.386 e. The van der Waals surface area contributed by atoms with Crippen molar-refractivity contribution in [1.82, 2.24) is 5.32 Å². The van der Waals surface area contributed by atoms with E-state index in [-0.39, 0.29) is 24.3 Å². The molecule has 1 aliphatic rings. The summed E-state index contributed by atoms with van der Waals surface area (Å²) in [5.41, 5.74) is 1.18. The van der Waals surface area contributed by atoms with Crippen LogP contribution in [0.15, 0.2) is 54.6 Å². The summed E-state index contributed by atoms with van der Waals surface area (Å²) in [6, 6.07) is 16.7. The minimum atomic E-state index is -0.747. The molecule has 1 aliphatic carbocycles. The Labute approximate surface area is 161 Å². The molecule has 6 heteroatoms. The van der Waals surface area contributed by atoms with Gasteiger partial charge in [-0.1, -0.05) is 18.2 Å². The van der Waals surface area contributed by atoms with Gasteiger partial charge < -0.3 is 15.7 Å². The molecular formula is C21H20N2O3S. The van der Waals surface area contributed by atoms with E-state index in [2.05, 4.69) is 10.6 Å². The van der Waals surface area contributed by atoms with Gasteiger partial charge in [-0.3, -0.25) is 9.59 Å². The molecule has 3 N–H and O–H groups in total.